The Bertz CT molecular complexity index is 846. The molecular formula is C17H23N5O5S3. The molecule has 1 unspecified atom stereocenters. The fourth-order valence-corrected chi connectivity index (χ4v) is 6.02. The molecule has 0 aromatic carbocycles. The van der Waals surface area contributed by atoms with Crippen molar-refractivity contribution in [2.24, 2.45) is 0 Å². The van der Waals surface area contributed by atoms with Crippen molar-refractivity contribution in [1.82, 2.24) is 25.4 Å². The number of aliphatic carboxylic acids is 2. The SMILES string of the molecule is CCCCCNC1C(=O)N2C(C(=O)O)=C(CSc3nc(SCC(=O)O)n[nH]3)CS[C@H]12. The Morgan fingerprint density at radius 1 is 1.33 bits per heavy atom. The maximum absolute atomic E-state index is 12.6. The topological polar surface area (TPSA) is 149 Å². The number of hydrogen-bond acceptors (Lipinski definition) is 9. The molecule has 0 bridgehead atoms. The third-order valence-electron chi connectivity index (χ3n) is 4.55. The third-order valence-corrected chi connectivity index (χ3v) is 7.67. The van der Waals surface area contributed by atoms with Crippen LogP contribution in [0, 0.1) is 0 Å². The molecule has 2 aliphatic heterocycles. The van der Waals surface area contributed by atoms with E-state index in [0.29, 0.717) is 27.4 Å². The van der Waals surface area contributed by atoms with E-state index in [1.54, 1.807) is 11.8 Å². The average molecular weight is 474 g/mol. The van der Waals surface area contributed by atoms with Crippen molar-refractivity contribution in [2.75, 3.05) is 23.8 Å². The standard InChI is InChI=1S/C17H23N5O5S3/c1-2-3-4-5-18-11-13(25)22-12(15(26)27)9(6-28-14(11)22)7-29-16-19-17(21-20-16)30-8-10(23)24/h11,14,18H,2-8H2,1H3,(H,23,24)(H,26,27)(H,19,20,21)/t11?,14-/m1/s1. The molecule has 2 atom stereocenters. The van der Waals surface area contributed by atoms with Gasteiger partial charge in [-0.25, -0.2) is 4.79 Å². The number of unbranched alkanes of at least 4 members (excludes halogenated alkanes) is 2. The molecule has 1 aromatic rings. The molecule has 1 aromatic heterocycles. The van der Waals surface area contributed by atoms with E-state index in [9.17, 15) is 19.5 Å². The highest BCUT2D eigenvalue weighted by Gasteiger charge is 2.53. The number of nitrogens with one attached hydrogen (secondary N) is 2. The first-order valence-electron chi connectivity index (χ1n) is 9.45. The summed E-state index contributed by atoms with van der Waals surface area (Å²) >= 11 is 3.84. The van der Waals surface area contributed by atoms with E-state index in [0.717, 1.165) is 37.6 Å². The number of carboxylic acid groups (broad SMARTS) is 2. The molecule has 164 valence electrons. The molecule has 0 radical (unpaired) electrons. The van der Waals surface area contributed by atoms with Gasteiger partial charge in [0.2, 0.25) is 11.1 Å². The smallest absolute Gasteiger partial charge is 0.352 e. The van der Waals surface area contributed by atoms with Gasteiger partial charge in [-0.1, -0.05) is 43.3 Å². The average Bonchev–Trinajstić information content (AvgIpc) is 3.17. The van der Waals surface area contributed by atoms with E-state index in [1.807, 2.05) is 0 Å². The highest BCUT2D eigenvalue weighted by molar-refractivity contribution is 8.01. The van der Waals surface area contributed by atoms with Crippen LogP contribution in [0.25, 0.3) is 0 Å². The number of hydrogen-bond donors (Lipinski definition) is 4. The van der Waals surface area contributed by atoms with Gasteiger partial charge in [-0.15, -0.1) is 16.9 Å². The Hall–Kier alpha value is -1.70. The summed E-state index contributed by atoms with van der Waals surface area (Å²) < 4.78 is 0. The van der Waals surface area contributed by atoms with Crippen LogP contribution in [0.3, 0.4) is 0 Å². The molecular weight excluding hydrogens is 450 g/mol. The quantitative estimate of drug-likeness (QED) is 0.199. The fourth-order valence-electron chi connectivity index (χ4n) is 3.13. The summed E-state index contributed by atoms with van der Waals surface area (Å²) in [5, 5.41) is 28.9. The number of carboxylic acids is 2. The molecule has 0 saturated carbocycles. The molecule has 0 aliphatic carbocycles. The summed E-state index contributed by atoms with van der Waals surface area (Å²) in [7, 11) is 0. The van der Waals surface area contributed by atoms with E-state index in [-0.39, 0.29) is 28.8 Å². The number of carbonyl (C=O) groups is 3. The molecule has 3 heterocycles. The zero-order valence-electron chi connectivity index (χ0n) is 16.3. The lowest BCUT2D eigenvalue weighted by Crippen LogP contribution is -2.70. The van der Waals surface area contributed by atoms with E-state index in [1.165, 1.54) is 16.7 Å². The lowest BCUT2D eigenvalue weighted by Gasteiger charge is -2.49. The first kappa shape index (κ1) is 23.0. The number of carbonyl (C=O) groups excluding carboxylic acids is 1. The van der Waals surface area contributed by atoms with Crippen molar-refractivity contribution < 1.29 is 24.6 Å². The molecule has 30 heavy (non-hydrogen) atoms. The van der Waals surface area contributed by atoms with Crippen molar-refractivity contribution in [1.29, 1.82) is 0 Å². The van der Waals surface area contributed by atoms with Crippen molar-refractivity contribution in [2.45, 2.75) is 47.9 Å². The maximum atomic E-state index is 12.6. The van der Waals surface area contributed by atoms with Crippen LogP contribution in [0.1, 0.15) is 26.2 Å². The van der Waals surface area contributed by atoms with Crippen molar-refractivity contribution >= 4 is 53.1 Å². The van der Waals surface area contributed by atoms with E-state index in [4.69, 9.17) is 5.11 Å². The molecule has 13 heteroatoms. The Balaban J connectivity index is 1.61. The molecule has 2 aliphatic rings. The largest absolute Gasteiger partial charge is 0.481 e. The molecule has 10 nitrogen and oxygen atoms in total. The number of aromatic amines is 1. The minimum Gasteiger partial charge on any atom is -0.481 e. The lowest BCUT2D eigenvalue weighted by molar-refractivity contribution is -0.149. The fraction of sp³-hybridized carbons (Fsp3) is 0.588. The molecule has 3 rings (SSSR count). The molecule has 1 fully saturated rings. The summed E-state index contributed by atoms with van der Waals surface area (Å²) in [5.41, 5.74) is 0.713. The second kappa shape index (κ2) is 10.6. The van der Waals surface area contributed by atoms with Crippen LogP contribution in [-0.2, 0) is 14.4 Å². The summed E-state index contributed by atoms with van der Waals surface area (Å²) in [6, 6.07) is -0.335. The number of thioether (sulfide) groups is 3. The molecule has 0 spiro atoms. The van der Waals surface area contributed by atoms with E-state index in [2.05, 4.69) is 27.4 Å². The van der Waals surface area contributed by atoms with Crippen LogP contribution >= 0.6 is 35.3 Å². The second-order valence-electron chi connectivity index (χ2n) is 6.70. The van der Waals surface area contributed by atoms with Crippen LogP contribution in [0.5, 0.6) is 0 Å². The highest BCUT2D eigenvalue weighted by atomic mass is 32.2. The summed E-state index contributed by atoms with van der Waals surface area (Å²) in [4.78, 5) is 40.7. The number of β-lactam (4-membered cyclic amide) rings is 1. The number of H-pyrrole nitrogens is 1. The van der Waals surface area contributed by atoms with E-state index >= 15 is 0 Å². The zero-order chi connectivity index (χ0) is 21.7. The van der Waals surface area contributed by atoms with Gasteiger partial charge in [0, 0.05) is 11.5 Å². The van der Waals surface area contributed by atoms with Crippen LogP contribution < -0.4 is 5.32 Å². The van der Waals surface area contributed by atoms with E-state index < -0.39 is 11.9 Å². The molecule has 4 N–H and O–H groups in total. The van der Waals surface area contributed by atoms with Gasteiger partial charge in [0.1, 0.15) is 17.1 Å². The predicted octanol–water partition coefficient (Wildman–Crippen LogP) is 1.48. The zero-order valence-corrected chi connectivity index (χ0v) is 18.7. The minimum atomic E-state index is -1.11. The lowest BCUT2D eigenvalue weighted by atomic mass is 10.0. The van der Waals surface area contributed by atoms with Crippen molar-refractivity contribution in [3.05, 3.63) is 11.3 Å². The number of nitrogens with zero attached hydrogens (tertiary/aromatic N) is 3. The predicted molar refractivity (Wildman–Crippen MR) is 115 cm³/mol. The molecule has 1 amide bonds. The third kappa shape index (κ3) is 5.31. The van der Waals surface area contributed by atoms with Gasteiger partial charge >= 0.3 is 11.9 Å². The summed E-state index contributed by atoms with van der Waals surface area (Å²) in [6.07, 6.45) is 3.18. The van der Waals surface area contributed by atoms with Gasteiger partial charge in [0.25, 0.3) is 0 Å². The molecule has 1 saturated heterocycles. The number of aromatic nitrogens is 3. The Kier molecular flexibility index (Phi) is 8.08. The highest BCUT2D eigenvalue weighted by Crippen LogP contribution is 2.41. The van der Waals surface area contributed by atoms with Crippen LogP contribution in [0.4, 0.5) is 0 Å². The van der Waals surface area contributed by atoms with Gasteiger partial charge in [-0.2, -0.15) is 4.98 Å². The first-order chi connectivity index (χ1) is 14.4. The van der Waals surface area contributed by atoms with Crippen LogP contribution in [0.2, 0.25) is 0 Å². The summed E-state index contributed by atoms with van der Waals surface area (Å²) in [5.74, 6) is -1.54. The summed E-state index contributed by atoms with van der Waals surface area (Å²) in [6.45, 7) is 2.86. The maximum Gasteiger partial charge on any atom is 0.352 e. The van der Waals surface area contributed by atoms with Crippen LogP contribution in [0.15, 0.2) is 21.6 Å². The Morgan fingerprint density at radius 3 is 2.83 bits per heavy atom. The number of amides is 1. The van der Waals surface area contributed by atoms with Crippen molar-refractivity contribution in [3.8, 4) is 0 Å². The second-order valence-corrected chi connectivity index (χ2v) is 9.71. The van der Waals surface area contributed by atoms with Gasteiger partial charge in [0.15, 0.2) is 5.16 Å². The van der Waals surface area contributed by atoms with Gasteiger partial charge in [0.05, 0.1) is 5.75 Å². The number of rotatable bonds is 12. The van der Waals surface area contributed by atoms with Gasteiger partial charge in [-0.05, 0) is 18.5 Å². The van der Waals surface area contributed by atoms with Gasteiger partial charge < -0.3 is 15.5 Å². The first-order valence-corrected chi connectivity index (χ1v) is 12.5. The minimum absolute atomic E-state index is 0.0582. The number of fused-ring (bicyclic) bond motifs is 1. The monoisotopic (exact) mass is 473 g/mol. The van der Waals surface area contributed by atoms with Crippen LogP contribution in [-0.4, -0.2) is 83.4 Å². The Labute approximate surface area is 186 Å². The normalized spacial score (nSPS) is 20.8. The van der Waals surface area contributed by atoms with Gasteiger partial charge in [-0.3, -0.25) is 19.6 Å². The Morgan fingerprint density at radius 2 is 2.13 bits per heavy atom. The van der Waals surface area contributed by atoms with Crippen molar-refractivity contribution in [3.63, 3.8) is 0 Å².